The predicted molar refractivity (Wildman–Crippen MR) is 119 cm³/mol. The Kier molecular flexibility index (Phi) is 7.10. The van der Waals surface area contributed by atoms with E-state index in [1.807, 2.05) is 32.3 Å². The Bertz CT molecular complexity index is 920. The first-order valence-electron chi connectivity index (χ1n) is 8.91. The molecule has 0 fully saturated rings. The van der Waals surface area contributed by atoms with Gasteiger partial charge in [0.25, 0.3) is 0 Å². The van der Waals surface area contributed by atoms with Crippen LogP contribution in [-0.2, 0) is 0 Å². The number of pyridine rings is 1. The fourth-order valence-corrected chi connectivity index (χ4v) is 3.03. The van der Waals surface area contributed by atoms with Gasteiger partial charge in [0.2, 0.25) is 5.95 Å². The number of benzene rings is 1. The van der Waals surface area contributed by atoms with Crippen LogP contribution in [0.4, 0.5) is 21.8 Å². The normalized spacial score (nSPS) is 10.9. The van der Waals surface area contributed by atoms with E-state index in [1.165, 1.54) is 6.07 Å². The van der Waals surface area contributed by atoms with Crippen LogP contribution in [0.2, 0.25) is 0 Å². The largest absolute Gasteiger partial charge is 0.354 e. The van der Waals surface area contributed by atoms with E-state index in [0.717, 1.165) is 28.6 Å². The minimum Gasteiger partial charge on any atom is -0.354 e. The molecule has 146 valence electrons. The van der Waals surface area contributed by atoms with Crippen molar-refractivity contribution >= 4 is 40.0 Å². The maximum Gasteiger partial charge on any atom is 0.225 e. The first-order valence-corrected chi connectivity index (χ1v) is 9.99. The molecule has 0 atom stereocenters. The average molecular weight is 492 g/mol. The molecule has 0 bridgehead atoms. The lowest BCUT2D eigenvalue weighted by Crippen LogP contribution is -2.17. The second-order valence-electron chi connectivity index (χ2n) is 6.54. The molecule has 2 heterocycles. The Hall–Kier alpha value is -2.33. The Morgan fingerprint density at radius 1 is 1.14 bits per heavy atom. The molecule has 1 aromatic carbocycles. The molecule has 0 radical (unpaired) electrons. The summed E-state index contributed by atoms with van der Waals surface area (Å²) in [7, 11) is 4.08. The maximum atomic E-state index is 14.2. The molecule has 3 aromatic rings. The fourth-order valence-electron chi connectivity index (χ4n) is 2.58. The van der Waals surface area contributed by atoms with E-state index in [4.69, 9.17) is 0 Å². The van der Waals surface area contributed by atoms with Gasteiger partial charge in [0, 0.05) is 34.1 Å². The summed E-state index contributed by atoms with van der Waals surface area (Å²) < 4.78 is 15.1. The summed E-state index contributed by atoms with van der Waals surface area (Å²) >= 11 is 2.08. The second-order valence-corrected chi connectivity index (χ2v) is 7.78. The van der Waals surface area contributed by atoms with E-state index in [0.29, 0.717) is 23.1 Å². The van der Waals surface area contributed by atoms with Crippen molar-refractivity contribution in [3.63, 3.8) is 0 Å². The van der Waals surface area contributed by atoms with Gasteiger partial charge in [-0.1, -0.05) is 0 Å². The molecule has 3 rings (SSSR count). The van der Waals surface area contributed by atoms with Gasteiger partial charge in [-0.05, 0) is 80.0 Å². The summed E-state index contributed by atoms with van der Waals surface area (Å²) in [6, 6.07) is 10.6. The number of halogens is 2. The summed E-state index contributed by atoms with van der Waals surface area (Å²) in [5.74, 6) is 0.687. The molecular weight excluding hydrogens is 470 g/mol. The zero-order valence-electron chi connectivity index (χ0n) is 15.8. The van der Waals surface area contributed by atoms with Crippen LogP contribution in [-0.4, -0.2) is 47.0 Å². The van der Waals surface area contributed by atoms with Crippen molar-refractivity contribution in [2.75, 3.05) is 37.8 Å². The van der Waals surface area contributed by atoms with E-state index in [9.17, 15) is 4.39 Å². The van der Waals surface area contributed by atoms with Crippen LogP contribution in [0, 0.1) is 9.39 Å². The molecular formula is C20H22FIN6. The first kappa shape index (κ1) is 20.4. The Balaban J connectivity index is 1.86. The van der Waals surface area contributed by atoms with Crippen LogP contribution >= 0.6 is 22.6 Å². The first-order chi connectivity index (χ1) is 13.5. The molecule has 2 N–H and O–H groups in total. The summed E-state index contributed by atoms with van der Waals surface area (Å²) in [6.45, 7) is 1.71. The van der Waals surface area contributed by atoms with Crippen molar-refractivity contribution in [1.29, 1.82) is 0 Å². The van der Waals surface area contributed by atoms with Gasteiger partial charge >= 0.3 is 0 Å². The van der Waals surface area contributed by atoms with Gasteiger partial charge in [0.05, 0.1) is 11.4 Å². The molecule has 0 spiro atoms. The molecule has 0 aliphatic heterocycles. The lowest BCUT2D eigenvalue weighted by molar-refractivity contribution is 0.405. The number of nitrogens with one attached hydrogen (secondary N) is 2. The highest BCUT2D eigenvalue weighted by atomic mass is 127. The lowest BCUT2D eigenvalue weighted by atomic mass is 10.2. The highest BCUT2D eigenvalue weighted by molar-refractivity contribution is 14.1. The van der Waals surface area contributed by atoms with Crippen LogP contribution in [0.1, 0.15) is 6.42 Å². The third kappa shape index (κ3) is 5.83. The van der Waals surface area contributed by atoms with E-state index in [-0.39, 0.29) is 5.82 Å². The van der Waals surface area contributed by atoms with Crippen LogP contribution < -0.4 is 10.6 Å². The van der Waals surface area contributed by atoms with Crippen molar-refractivity contribution in [2.24, 2.45) is 0 Å². The monoisotopic (exact) mass is 492 g/mol. The van der Waals surface area contributed by atoms with Crippen molar-refractivity contribution in [3.05, 3.63) is 58.2 Å². The average Bonchev–Trinajstić information content (AvgIpc) is 2.68. The molecule has 28 heavy (non-hydrogen) atoms. The Labute approximate surface area is 177 Å². The van der Waals surface area contributed by atoms with Crippen LogP contribution in [0.5, 0.6) is 0 Å². The third-order valence-corrected chi connectivity index (χ3v) is 4.61. The molecule has 0 saturated carbocycles. The number of rotatable bonds is 8. The van der Waals surface area contributed by atoms with Crippen molar-refractivity contribution < 1.29 is 4.39 Å². The molecule has 0 aliphatic carbocycles. The fraction of sp³-hybridized carbons (Fsp3) is 0.250. The number of anilines is 3. The maximum absolute atomic E-state index is 14.2. The van der Waals surface area contributed by atoms with Crippen LogP contribution in [0.25, 0.3) is 11.3 Å². The van der Waals surface area contributed by atoms with Gasteiger partial charge in [0.15, 0.2) is 0 Å². The summed E-state index contributed by atoms with van der Waals surface area (Å²) in [5.41, 5.74) is 1.95. The quantitative estimate of drug-likeness (QED) is 0.359. The van der Waals surface area contributed by atoms with Gasteiger partial charge in [-0.25, -0.2) is 9.37 Å². The van der Waals surface area contributed by atoms with Crippen LogP contribution in [0.15, 0.2) is 48.8 Å². The van der Waals surface area contributed by atoms with E-state index in [1.54, 1.807) is 24.5 Å². The van der Waals surface area contributed by atoms with Gasteiger partial charge < -0.3 is 15.5 Å². The van der Waals surface area contributed by atoms with Crippen molar-refractivity contribution in [1.82, 2.24) is 19.9 Å². The Morgan fingerprint density at radius 2 is 2.00 bits per heavy atom. The van der Waals surface area contributed by atoms with E-state index >= 15 is 0 Å². The summed E-state index contributed by atoms with van der Waals surface area (Å²) in [6.07, 6.45) is 4.42. The van der Waals surface area contributed by atoms with Crippen LogP contribution in [0.3, 0.4) is 0 Å². The summed E-state index contributed by atoms with van der Waals surface area (Å²) in [4.78, 5) is 15.4. The minimum absolute atomic E-state index is 0.325. The number of nitrogens with zero attached hydrogens (tertiary/aromatic N) is 4. The number of hydrogen-bond acceptors (Lipinski definition) is 6. The van der Waals surface area contributed by atoms with Crippen molar-refractivity contribution in [2.45, 2.75) is 6.42 Å². The molecule has 6 nitrogen and oxygen atoms in total. The highest BCUT2D eigenvalue weighted by Gasteiger charge is 2.10. The number of hydrogen-bond donors (Lipinski definition) is 2. The molecule has 0 aliphatic rings. The van der Waals surface area contributed by atoms with E-state index in [2.05, 4.69) is 53.1 Å². The molecule has 8 heteroatoms. The topological polar surface area (TPSA) is 66.0 Å². The zero-order chi connectivity index (χ0) is 19.9. The van der Waals surface area contributed by atoms with E-state index < -0.39 is 0 Å². The van der Waals surface area contributed by atoms with Gasteiger partial charge in [0.1, 0.15) is 11.6 Å². The third-order valence-electron chi connectivity index (χ3n) is 3.94. The SMILES string of the molecule is CN(C)CCCNc1nc(Nc2ccc(I)cc2F)cc(-c2cccnc2)n1. The van der Waals surface area contributed by atoms with Gasteiger partial charge in [-0.15, -0.1) is 0 Å². The molecule has 0 unspecified atom stereocenters. The lowest BCUT2D eigenvalue weighted by Gasteiger charge is -2.13. The van der Waals surface area contributed by atoms with Gasteiger partial charge in [-0.3, -0.25) is 4.98 Å². The second kappa shape index (κ2) is 9.74. The predicted octanol–water partition coefficient (Wildman–Crippen LogP) is 4.39. The smallest absolute Gasteiger partial charge is 0.225 e. The summed E-state index contributed by atoms with van der Waals surface area (Å²) in [5, 5.41) is 6.32. The minimum atomic E-state index is -0.325. The van der Waals surface area contributed by atoms with Crippen molar-refractivity contribution in [3.8, 4) is 11.3 Å². The zero-order valence-corrected chi connectivity index (χ0v) is 17.9. The molecule has 0 saturated heterocycles. The standard InChI is InChI=1S/C20H22FIN6/c1-28(2)10-4-9-24-20-26-18(14-5-3-8-23-13-14)12-19(27-20)25-17-7-6-15(22)11-16(17)21/h3,5-8,11-13H,4,9-10H2,1-2H3,(H2,24,25,26,27). The van der Waals surface area contributed by atoms with Gasteiger partial charge in [-0.2, -0.15) is 4.98 Å². The molecule has 2 aromatic heterocycles. The molecule has 0 amide bonds. The Morgan fingerprint density at radius 3 is 2.71 bits per heavy atom. The number of aromatic nitrogens is 3. The highest BCUT2D eigenvalue weighted by Crippen LogP contribution is 2.25.